The van der Waals surface area contributed by atoms with Crippen LogP contribution in [0.2, 0.25) is 0 Å². The first-order valence-electron chi connectivity index (χ1n) is 8.34. The van der Waals surface area contributed by atoms with Crippen molar-refractivity contribution in [3.05, 3.63) is 53.6 Å². The lowest BCUT2D eigenvalue weighted by molar-refractivity contribution is -0.138. The molecular formula is C20H24O5. The van der Waals surface area contributed by atoms with Crippen LogP contribution in [-0.4, -0.2) is 28.9 Å². The molecule has 0 saturated heterocycles. The maximum atomic E-state index is 11.7. The molecule has 0 fully saturated rings. The minimum absolute atomic E-state index is 0.0177. The van der Waals surface area contributed by atoms with E-state index in [1.807, 2.05) is 39.0 Å². The quantitative estimate of drug-likeness (QED) is 0.757. The van der Waals surface area contributed by atoms with Crippen LogP contribution in [0.25, 0.3) is 0 Å². The highest BCUT2D eigenvalue weighted by Crippen LogP contribution is 2.32. The van der Waals surface area contributed by atoms with Crippen molar-refractivity contribution in [3.63, 3.8) is 0 Å². The molecule has 0 amide bonds. The number of phenols is 1. The Balaban J connectivity index is 2.30. The minimum Gasteiger partial charge on any atom is -0.508 e. The largest absolute Gasteiger partial charge is 0.508 e. The maximum absolute atomic E-state index is 11.7. The van der Waals surface area contributed by atoms with Crippen LogP contribution >= 0.6 is 0 Å². The molecule has 2 aromatic carbocycles. The fourth-order valence-corrected chi connectivity index (χ4v) is 2.62. The van der Waals surface area contributed by atoms with E-state index in [0.29, 0.717) is 30.1 Å². The van der Waals surface area contributed by atoms with Crippen LogP contribution < -0.4 is 9.47 Å². The number of ether oxygens (including phenoxy) is 2. The summed E-state index contributed by atoms with van der Waals surface area (Å²) in [4.78, 5) is 11.7. The van der Waals surface area contributed by atoms with Crippen LogP contribution in [0.4, 0.5) is 0 Å². The topological polar surface area (TPSA) is 76.0 Å². The molecule has 5 heteroatoms. The van der Waals surface area contributed by atoms with Crippen molar-refractivity contribution >= 4 is 5.97 Å². The number of carboxylic acid groups (broad SMARTS) is 1. The monoisotopic (exact) mass is 344 g/mol. The highest BCUT2D eigenvalue weighted by atomic mass is 16.5. The lowest BCUT2D eigenvalue weighted by atomic mass is 9.92. The molecule has 0 radical (unpaired) electrons. The van der Waals surface area contributed by atoms with Crippen LogP contribution in [0.15, 0.2) is 42.5 Å². The minimum atomic E-state index is -0.939. The number of aliphatic carboxylic acids is 1. The zero-order valence-corrected chi connectivity index (χ0v) is 14.7. The van der Waals surface area contributed by atoms with Crippen LogP contribution in [0.1, 0.15) is 37.8 Å². The summed E-state index contributed by atoms with van der Waals surface area (Å²) in [6.07, 6.45) is 0.310. The summed E-state index contributed by atoms with van der Waals surface area (Å²) in [7, 11) is 0. The van der Waals surface area contributed by atoms with Gasteiger partial charge in [0.1, 0.15) is 5.75 Å². The molecule has 1 atom stereocenters. The molecular weight excluding hydrogens is 320 g/mol. The average Bonchev–Trinajstić information content (AvgIpc) is 2.54. The second-order valence-electron chi connectivity index (χ2n) is 6.07. The Morgan fingerprint density at radius 3 is 2.48 bits per heavy atom. The molecule has 0 aliphatic rings. The van der Waals surface area contributed by atoms with E-state index in [2.05, 4.69) is 0 Å². The summed E-state index contributed by atoms with van der Waals surface area (Å²) in [5.41, 5.74) is 1.39. The number of rotatable bonds is 8. The van der Waals surface area contributed by atoms with Crippen molar-refractivity contribution in [3.8, 4) is 17.2 Å². The van der Waals surface area contributed by atoms with Gasteiger partial charge in [0.2, 0.25) is 0 Å². The van der Waals surface area contributed by atoms with E-state index in [-0.39, 0.29) is 11.9 Å². The van der Waals surface area contributed by atoms with Gasteiger partial charge in [-0.05, 0) is 62.6 Å². The summed E-state index contributed by atoms with van der Waals surface area (Å²) in [6, 6.07) is 11.8. The average molecular weight is 344 g/mol. The predicted molar refractivity (Wildman–Crippen MR) is 95.6 cm³/mol. The van der Waals surface area contributed by atoms with E-state index < -0.39 is 11.9 Å². The number of benzene rings is 2. The number of carbonyl (C=O) groups is 1. The summed E-state index contributed by atoms with van der Waals surface area (Å²) in [6.45, 7) is 6.25. The molecule has 0 aliphatic heterocycles. The molecule has 0 aromatic heterocycles. The van der Waals surface area contributed by atoms with E-state index in [0.717, 1.165) is 5.56 Å². The molecule has 5 nitrogen and oxygen atoms in total. The number of aromatic hydroxyl groups is 1. The molecule has 0 saturated carbocycles. The molecule has 0 heterocycles. The highest BCUT2D eigenvalue weighted by molar-refractivity contribution is 5.76. The Hall–Kier alpha value is -2.69. The van der Waals surface area contributed by atoms with Crippen molar-refractivity contribution in [2.24, 2.45) is 0 Å². The Morgan fingerprint density at radius 1 is 1.12 bits per heavy atom. The van der Waals surface area contributed by atoms with Gasteiger partial charge in [0, 0.05) is 0 Å². The van der Waals surface area contributed by atoms with Gasteiger partial charge < -0.3 is 19.7 Å². The second-order valence-corrected chi connectivity index (χ2v) is 6.07. The van der Waals surface area contributed by atoms with Crippen molar-refractivity contribution in [2.45, 2.75) is 39.2 Å². The Morgan fingerprint density at radius 2 is 1.88 bits per heavy atom. The lowest BCUT2D eigenvalue weighted by Gasteiger charge is -2.17. The van der Waals surface area contributed by atoms with Crippen LogP contribution in [0.5, 0.6) is 17.2 Å². The maximum Gasteiger partial charge on any atom is 0.311 e. The SMILES string of the molecule is CCOc1cc(CC(C(=O)O)c2cccc(O)c2)ccc1OC(C)C. The first-order valence-corrected chi connectivity index (χ1v) is 8.34. The van der Waals surface area contributed by atoms with E-state index in [1.54, 1.807) is 12.1 Å². The van der Waals surface area contributed by atoms with E-state index in [9.17, 15) is 15.0 Å². The number of hydrogen-bond acceptors (Lipinski definition) is 4. The summed E-state index contributed by atoms with van der Waals surface area (Å²) in [5.74, 6) is -0.387. The fourth-order valence-electron chi connectivity index (χ4n) is 2.62. The smallest absolute Gasteiger partial charge is 0.311 e. The van der Waals surface area contributed by atoms with Gasteiger partial charge in [0.15, 0.2) is 11.5 Å². The Bertz CT molecular complexity index is 724. The number of hydrogen-bond donors (Lipinski definition) is 2. The molecule has 0 bridgehead atoms. The van der Waals surface area contributed by atoms with Crippen molar-refractivity contribution in [1.82, 2.24) is 0 Å². The van der Waals surface area contributed by atoms with Crippen LogP contribution in [0, 0.1) is 0 Å². The van der Waals surface area contributed by atoms with Crippen molar-refractivity contribution < 1.29 is 24.5 Å². The first-order chi connectivity index (χ1) is 11.9. The van der Waals surface area contributed by atoms with E-state index in [4.69, 9.17) is 9.47 Å². The Labute approximate surface area is 147 Å². The molecule has 134 valence electrons. The highest BCUT2D eigenvalue weighted by Gasteiger charge is 2.21. The number of carboxylic acids is 1. The third-order valence-electron chi connectivity index (χ3n) is 3.68. The summed E-state index contributed by atoms with van der Waals surface area (Å²) >= 11 is 0. The van der Waals surface area contributed by atoms with Gasteiger partial charge in [-0.25, -0.2) is 0 Å². The van der Waals surface area contributed by atoms with Crippen molar-refractivity contribution in [2.75, 3.05) is 6.61 Å². The first kappa shape index (κ1) is 18.6. The molecule has 25 heavy (non-hydrogen) atoms. The molecule has 0 aliphatic carbocycles. The Kier molecular flexibility index (Phi) is 6.28. The van der Waals surface area contributed by atoms with Gasteiger partial charge in [0.25, 0.3) is 0 Å². The van der Waals surface area contributed by atoms with Gasteiger partial charge in [-0.3, -0.25) is 4.79 Å². The van der Waals surface area contributed by atoms with Crippen LogP contribution in [-0.2, 0) is 11.2 Å². The standard InChI is InChI=1S/C20H24O5/c1-4-24-19-11-14(8-9-18(19)25-13(2)3)10-17(20(22)23)15-6-5-7-16(21)12-15/h5-9,11-13,17,21H,4,10H2,1-3H3,(H,22,23). The van der Waals surface area contributed by atoms with E-state index >= 15 is 0 Å². The van der Waals surface area contributed by atoms with Crippen LogP contribution in [0.3, 0.4) is 0 Å². The third-order valence-corrected chi connectivity index (χ3v) is 3.68. The zero-order chi connectivity index (χ0) is 18.4. The zero-order valence-electron chi connectivity index (χ0n) is 14.7. The molecule has 2 rings (SSSR count). The van der Waals surface area contributed by atoms with Crippen molar-refractivity contribution in [1.29, 1.82) is 0 Å². The predicted octanol–water partition coefficient (Wildman–Crippen LogP) is 3.99. The summed E-state index contributed by atoms with van der Waals surface area (Å²) in [5, 5.41) is 19.2. The van der Waals surface area contributed by atoms with Gasteiger partial charge in [-0.15, -0.1) is 0 Å². The third kappa shape index (κ3) is 5.14. The van der Waals surface area contributed by atoms with E-state index in [1.165, 1.54) is 12.1 Å². The summed E-state index contributed by atoms with van der Waals surface area (Å²) < 4.78 is 11.4. The molecule has 2 aromatic rings. The fraction of sp³-hybridized carbons (Fsp3) is 0.350. The number of phenolic OH excluding ortho intramolecular Hbond substituents is 1. The lowest BCUT2D eigenvalue weighted by Crippen LogP contribution is -2.14. The van der Waals surface area contributed by atoms with Gasteiger partial charge >= 0.3 is 5.97 Å². The van der Waals surface area contributed by atoms with Gasteiger partial charge in [-0.1, -0.05) is 18.2 Å². The molecule has 1 unspecified atom stereocenters. The molecule has 2 N–H and O–H groups in total. The van der Waals surface area contributed by atoms with Gasteiger partial charge in [0.05, 0.1) is 18.6 Å². The second kappa shape index (κ2) is 8.42. The molecule has 0 spiro atoms. The van der Waals surface area contributed by atoms with Gasteiger partial charge in [-0.2, -0.15) is 0 Å². The normalized spacial score (nSPS) is 12.0.